The Balaban J connectivity index is 1.28. The van der Waals surface area contributed by atoms with Gasteiger partial charge in [0.1, 0.15) is 42.6 Å². The summed E-state index contributed by atoms with van der Waals surface area (Å²) in [6, 6.07) is 18.1. The summed E-state index contributed by atoms with van der Waals surface area (Å²) in [5.74, 6) is 0.405. The summed E-state index contributed by atoms with van der Waals surface area (Å²) >= 11 is 6.68. The first kappa shape index (κ1) is 37.6. The molecule has 5 rings (SSSR count). The Morgan fingerprint density at radius 1 is 1.06 bits per heavy atom. The number of nitriles is 1. The molecule has 4 aromatic rings. The van der Waals surface area contributed by atoms with Gasteiger partial charge in [-0.05, 0) is 78.8 Å². The quantitative estimate of drug-likeness (QED) is 0.104. The van der Waals surface area contributed by atoms with Crippen LogP contribution in [0.15, 0.2) is 67.0 Å². The van der Waals surface area contributed by atoms with Crippen LogP contribution in [0.1, 0.15) is 46.2 Å². The van der Waals surface area contributed by atoms with Crippen molar-refractivity contribution in [2.75, 3.05) is 32.8 Å². The maximum atomic E-state index is 11.5. The number of hydrogen-bond donors (Lipinski definition) is 4. The van der Waals surface area contributed by atoms with Crippen molar-refractivity contribution in [3.05, 3.63) is 105 Å². The number of carboxylic acid groups (broad SMARTS) is 1. The molecule has 0 radical (unpaired) electrons. The number of nitrogens with one attached hydrogen (secondary N) is 1. The van der Waals surface area contributed by atoms with Gasteiger partial charge in [-0.1, -0.05) is 35.9 Å². The van der Waals surface area contributed by atoms with E-state index < -0.39 is 18.6 Å². The van der Waals surface area contributed by atoms with Gasteiger partial charge in [0.05, 0.1) is 29.9 Å². The molecule has 1 saturated heterocycles. The van der Waals surface area contributed by atoms with Crippen molar-refractivity contribution in [1.29, 1.82) is 5.26 Å². The Morgan fingerprint density at radius 2 is 1.88 bits per heavy atom. The number of benzene rings is 3. The number of ether oxygens (including phenoxy) is 3. The number of carboxylic acids is 1. The lowest BCUT2D eigenvalue weighted by atomic mass is 9.93. The van der Waals surface area contributed by atoms with E-state index in [4.69, 9.17) is 25.8 Å². The van der Waals surface area contributed by atoms with E-state index in [1.54, 1.807) is 24.4 Å². The third-order valence-corrected chi connectivity index (χ3v) is 9.20. The van der Waals surface area contributed by atoms with Crippen LogP contribution < -0.4 is 19.5 Å². The minimum atomic E-state index is -1.19. The monoisotopic (exact) mass is 714 g/mol. The van der Waals surface area contributed by atoms with Gasteiger partial charge in [-0.25, -0.2) is 0 Å². The molecule has 1 fully saturated rings. The van der Waals surface area contributed by atoms with Gasteiger partial charge >= 0.3 is 5.97 Å². The van der Waals surface area contributed by atoms with E-state index >= 15 is 0 Å². The van der Waals surface area contributed by atoms with Crippen molar-refractivity contribution >= 4 is 17.6 Å². The molecule has 0 saturated carbocycles. The Hall–Kier alpha value is -4.70. The fraction of sp³-hybridized carbons (Fsp3) is 0.359. The summed E-state index contributed by atoms with van der Waals surface area (Å²) < 4.78 is 18.4. The summed E-state index contributed by atoms with van der Waals surface area (Å²) in [7, 11) is 0. The fourth-order valence-corrected chi connectivity index (χ4v) is 6.26. The van der Waals surface area contributed by atoms with Crippen LogP contribution >= 0.6 is 11.6 Å². The molecule has 12 heteroatoms. The molecule has 0 aliphatic carbocycles. The zero-order valence-electron chi connectivity index (χ0n) is 28.8. The smallest absolute Gasteiger partial charge is 0.323 e. The number of aryl methyl sites for hydroxylation is 1. The lowest BCUT2D eigenvalue weighted by molar-refractivity contribution is -0.140. The van der Waals surface area contributed by atoms with E-state index in [0.29, 0.717) is 39.8 Å². The van der Waals surface area contributed by atoms with Crippen molar-refractivity contribution in [1.82, 2.24) is 15.2 Å². The first-order valence-electron chi connectivity index (χ1n) is 16.9. The van der Waals surface area contributed by atoms with Crippen molar-refractivity contribution in [2.45, 2.75) is 58.6 Å². The zero-order chi connectivity index (χ0) is 36.3. The molecule has 0 bridgehead atoms. The summed E-state index contributed by atoms with van der Waals surface area (Å²) in [5.41, 5.74) is 6.92. The Labute approximate surface area is 303 Å². The van der Waals surface area contributed by atoms with Crippen LogP contribution in [0.5, 0.6) is 17.2 Å². The van der Waals surface area contributed by atoms with Gasteiger partial charge in [-0.3, -0.25) is 15.1 Å². The molecule has 1 aliphatic heterocycles. The number of aromatic nitrogens is 1. The molecular formula is C39H43ClN4O7. The minimum Gasteiger partial charge on any atom is -0.494 e. The van der Waals surface area contributed by atoms with E-state index in [0.717, 1.165) is 66.0 Å². The molecule has 11 nitrogen and oxygen atoms in total. The highest BCUT2D eigenvalue weighted by molar-refractivity contribution is 6.32. The highest BCUT2D eigenvalue weighted by atomic mass is 35.5. The summed E-state index contributed by atoms with van der Waals surface area (Å²) in [5, 5.41) is 40.9. The minimum absolute atomic E-state index is 0.0529. The van der Waals surface area contributed by atoms with Gasteiger partial charge in [0, 0.05) is 55.8 Å². The van der Waals surface area contributed by atoms with E-state index in [9.17, 15) is 25.4 Å². The van der Waals surface area contributed by atoms with Crippen LogP contribution in [0.3, 0.4) is 0 Å². The predicted molar refractivity (Wildman–Crippen MR) is 193 cm³/mol. The molecule has 2 heterocycles. The van der Waals surface area contributed by atoms with Crippen LogP contribution in [-0.2, 0) is 24.6 Å². The molecule has 2 atom stereocenters. The van der Waals surface area contributed by atoms with Crippen LogP contribution in [0.2, 0.25) is 5.02 Å². The number of aliphatic hydroxyl groups is 2. The maximum Gasteiger partial charge on any atom is 0.323 e. The molecule has 4 N–H and O–H groups in total. The number of aliphatic carboxylic acids is 1. The SMILES string of the molecule is Cc1cc(OCCCN2CC[C@@H](O)C2)ccc1-c1cccc(COc2cc(OCc3cncc(C#N)c3)c(CN[C@H](CO)C(=O)O)cc2Cl)c1C. The van der Waals surface area contributed by atoms with E-state index in [1.165, 1.54) is 6.20 Å². The van der Waals surface area contributed by atoms with Crippen LogP contribution in [0.4, 0.5) is 0 Å². The van der Waals surface area contributed by atoms with Crippen molar-refractivity contribution < 1.29 is 34.3 Å². The lowest BCUT2D eigenvalue weighted by Crippen LogP contribution is -2.39. The van der Waals surface area contributed by atoms with Gasteiger partial charge in [-0.15, -0.1) is 0 Å². The number of hydrogen-bond acceptors (Lipinski definition) is 10. The van der Waals surface area contributed by atoms with E-state index in [2.05, 4.69) is 53.3 Å². The van der Waals surface area contributed by atoms with Gasteiger partial charge < -0.3 is 34.4 Å². The van der Waals surface area contributed by atoms with E-state index in [1.807, 2.05) is 18.2 Å². The summed E-state index contributed by atoms with van der Waals surface area (Å²) in [6.07, 6.45) is 4.59. The molecule has 1 aliphatic rings. The van der Waals surface area contributed by atoms with Gasteiger partial charge in [0.2, 0.25) is 0 Å². The third kappa shape index (κ3) is 10.2. The zero-order valence-corrected chi connectivity index (χ0v) is 29.5. The van der Waals surface area contributed by atoms with Crippen LogP contribution in [-0.4, -0.2) is 76.2 Å². The number of β-amino-alcohol motifs (C(OH)–C–C–N with tert-alkyl or cyclic N) is 1. The highest BCUT2D eigenvalue weighted by Gasteiger charge is 2.20. The molecular weight excluding hydrogens is 672 g/mol. The number of nitrogens with zero attached hydrogens (tertiary/aromatic N) is 3. The topological polar surface area (TPSA) is 157 Å². The van der Waals surface area contributed by atoms with Crippen LogP contribution in [0, 0.1) is 25.2 Å². The predicted octanol–water partition coefficient (Wildman–Crippen LogP) is 5.42. The van der Waals surface area contributed by atoms with Gasteiger partial charge in [-0.2, -0.15) is 5.26 Å². The van der Waals surface area contributed by atoms with Gasteiger partial charge in [0.15, 0.2) is 0 Å². The number of aliphatic hydroxyl groups excluding tert-OH is 2. The number of halogens is 1. The molecule has 1 aromatic heterocycles. The van der Waals surface area contributed by atoms with Crippen LogP contribution in [0.25, 0.3) is 11.1 Å². The average molecular weight is 715 g/mol. The number of pyridine rings is 1. The fourth-order valence-electron chi connectivity index (χ4n) is 6.02. The largest absolute Gasteiger partial charge is 0.494 e. The number of likely N-dealkylation sites (tertiary alicyclic amines) is 1. The maximum absolute atomic E-state index is 11.5. The average Bonchev–Trinajstić information content (AvgIpc) is 3.54. The first-order valence-corrected chi connectivity index (χ1v) is 17.2. The Morgan fingerprint density at radius 3 is 2.61 bits per heavy atom. The molecule has 0 amide bonds. The second-order valence-corrected chi connectivity index (χ2v) is 13.0. The molecule has 51 heavy (non-hydrogen) atoms. The number of carbonyl (C=O) groups is 1. The molecule has 268 valence electrons. The molecule has 0 spiro atoms. The number of rotatable bonds is 17. The highest BCUT2D eigenvalue weighted by Crippen LogP contribution is 2.36. The standard InChI is InChI=1S/C39H43ClN4O7/c1-25-13-32(49-12-4-10-44-11-9-31(46)21-44)7-8-33(25)34-6-3-5-29(26(34)2)24-51-38-16-37(50-23-28-14-27(17-41)18-42-19-28)30(15-35(38)40)20-43-36(22-45)39(47)48/h3,5-8,13-16,18-19,31,36,43,45-46H,4,9-12,20-24H2,1-2H3,(H,47,48)/t31-,36-/m1/s1. The normalized spacial score (nSPS) is 14.9. The second-order valence-electron chi connectivity index (χ2n) is 12.6. The van der Waals surface area contributed by atoms with E-state index in [-0.39, 0.29) is 25.9 Å². The Kier molecular flexibility index (Phi) is 13.2. The third-order valence-electron chi connectivity index (χ3n) is 8.91. The summed E-state index contributed by atoms with van der Waals surface area (Å²) in [4.78, 5) is 17.8. The van der Waals surface area contributed by atoms with Crippen molar-refractivity contribution in [2.24, 2.45) is 0 Å². The molecule has 3 aromatic carbocycles. The second kappa shape index (κ2) is 18.0. The lowest BCUT2D eigenvalue weighted by Gasteiger charge is -2.19. The van der Waals surface area contributed by atoms with Crippen molar-refractivity contribution in [3.63, 3.8) is 0 Å². The molecule has 0 unspecified atom stereocenters. The van der Waals surface area contributed by atoms with Crippen molar-refractivity contribution in [3.8, 4) is 34.4 Å². The summed E-state index contributed by atoms with van der Waals surface area (Å²) in [6.45, 7) is 7.11. The van der Waals surface area contributed by atoms with Gasteiger partial charge in [0.25, 0.3) is 0 Å². The first-order chi connectivity index (χ1) is 24.6. The Bertz CT molecular complexity index is 1860.